The Hall–Kier alpha value is -2.36. The van der Waals surface area contributed by atoms with Gasteiger partial charge >= 0.3 is 5.97 Å². The van der Waals surface area contributed by atoms with Crippen molar-refractivity contribution in [2.45, 2.75) is 64.1 Å². The predicted octanol–water partition coefficient (Wildman–Crippen LogP) is 1.57. The van der Waals surface area contributed by atoms with E-state index in [9.17, 15) is 14.4 Å². The molecule has 1 aromatic rings. The molecule has 0 aliphatic rings. The van der Waals surface area contributed by atoms with E-state index in [-0.39, 0.29) is 30.1 Å². The van der Waals surface area contributed by atoms with Crippen LogP contribution in [-0.4, -0.2) is 63.7 Å². The van der Waals surface area contributed by atoms with E-state index in [4.69, 9.17) is 15.2 Å². The molecule has 0 saturated heterocycles. The van der Waals surface area contributed by atoms with Gasteiger partial charge in [-0.25, -0.2) is 0 Å². The van der Waals surface area contributed by atoms with Gasteiger partial charge in [0.25, 0.3) is 0 Å². The first-order valence-electron chi connectivity index (χ1n) is 11.4. The Morgan fingerprint density at radius 2 is 1.62 bits per heavy atom. The van der Waals surface area contributed by atoms with Crippen LogP contribution in [0.5, 0.6) is 5.75 Å². The quantitative estimate of drug-likeness (QED) is 0.212. The molecule has 10 heteroatoms. The molecular weight excluding hydrogens is 460 g/mol. The van der Waals surface area contributed by atoms with Crippen molar-refractivity contribution < 1.29 is 23.9 Å². The lowest BCUT2D eigenvalue weighted by molar-refractivity contribution is -0.144. The van der Waals surface area contributed by atoms with Gasteiger partial charge in [-0.1, -0.05) is 32.4 Å². The van der Waals surface area contributed by atoms with Crippen LogP contribution >= 0.6 is 12.4 Å². The largest absolute Gasteiger partial charge is 0.497 e. The van der Waals surface area contributed by atoms with Crippen LogP contribution in [0.4, 0.5) is 0 Å². The van der Waals surface area contributed by atoms with Crippen LogP contribution in [0.1, 0.15) is 45.1 Å². The topological polar surface area (TPSA) is 132 Å². The highest BCUT2D eigenvalue weighted by Gasteiger charge is 2.30. The van der Waals surface area contributed by atoms with Gasteiger partial charge < -0.3 is 25.8 Å². The van der Waals surface area contributed by atoms with Gasteiger partial charge in [-0.3, -0.25) is 19.7 Å². The highest BCUT2D eigenvalue weighted by molar-refractivity contribution is 5.90. The van der Waals surface area contributed by atoms with Crippen LogP contribution < -0.4 is 26.4 Å². The Bertz CT molecular complexity index is 745. The number of rotatable bonds is 15. The number of hydrogen-bond donors (Lipinski definition) is 4. The summed E-state index contributed by atoms with van der Waals surface area (Å²) in [6.45, 7) is 4.53. The van der Waals surface area contributed by atoms with Gasteiger partial charge in [-0.2, -0.15) is 0 Å². The highest BCUT2D eigenvalue weighted by Crippen LogP contribution is 2.14. The zero-order valence-electron chi connectivity index (χ0n) is 20.9. The summed E-state index contributed by atoms with van der Waals surface area (Å²) in [5.41, 5.74) is 6.45. The standard InChI is InChI=1S/C24H40N4O5.ClH/c1-16(2)14-20(27-19(24(31)33-5)8-6-7-13-25)23(30)28-21(22(29)26-3)15-17-9-11-18(32-4)12-10-17;/h9-12,16,19-21,27H,6-8,13-15,25H2,1-5H3,(H,26,29)(H,28,30);1H/t19-,20+,21+;/m1./s1. The minimum atomic E-state index is -0.763. The molecule has 0 aliphatic carbocycles. The number of carbonyl (C=O) groups is 3. The van der Waals surface area contributed by atoms with Crippen molar-refractivity contribution in [2.75, 3.05) is 27.8 Å². The lowest BCUT2D eigenvalue weighted by atomic mass is 9.99. The van der Waals surface area contributed by atoms with Gasteiger partial charge in [-0.15, -0.1) is 12.4 Å². The second-order valence-corrected chi connectivity index (χ2v) is 8.44. The molecule has 5 N–H and O–H groups in total. The average Bonchev–Trinajstić information content (AvgIpc) is 2.81. The SMILES string of the molecule is CNC(=O)[C@H](Cc1ccc(OC)cc1)NC(=O)[C@H](CC(C)C)N[C@H](CCCCN)C(=O)OC.Cl. The number of carbonyl (C=O) groups excluding carboxylic acids is 3. The van der Waals surface area contributed by atoms with E-state index in [1.54, 1.807) is 7.11 Å². The molecule has 9 nitrogen and oxygen atoms in total. The Morgan fingerprint density at radius 3 is 2.12 bits per heavy atom. The summed E-state index contributed by atoms with van der Waals surface area (Å²) in [4.78, 5) is 38.0. The van der Waals surface area contributed by atoms with E-state index in [0.717, 1.165) is 18.4 Å². The Labute approximate surface area is 209 Å². The number of ether oxygens (including phenoxy) is 2. The molecule has 0 saturated carbocycles. The fraction of sp³-hybridized carbons (Fsp3) is 0.625. The Morgan fingerprint density at radius 1 is 0.971 bits per heavy atom. The molecule has 194 valence electrons. The number of nitrogens with one attached hydrogen (secondary N) is 3. The summed E-state index contributed by atoms with van der Waals surface area (Å²) in [5, 5.41) is 8.63. The van der Waals surface area contributed by atoms with Gasteiger partial charge in [0.15, 0.2) is 0 Å². The van der Waals surface area contributed by atoms with E-state index in [0.29, 0.717) is 31.6 Å². The number of unbranched alkanes of at least 4 members (excludes halogenated alkanes) is 1. The number of methoxy groups -OCH3 is 2. The third-order valence-corrected chi connectivity index (χ3v) is 5.34. The second kappa shape index (κ2) is 17.1. The molecule has 0 fully saturated rings. The van der Waals surface area contributed by atoms with Crippen LogP contribution in [0.2, 0.25) is 0 Å². The smallest absolute Gasteiger partial charge is 0.322 e. The zero-order chi connectivity index (χ0) is 24.8. The van der Waals surface area contributed by atoms with Crippen LogP contribution in [0.25, 0.3) is 0 Å². The highest BCUT2D eigenvalue weighted by atomic mass is 35.5. The Kier molecular flexibility index (Phi) is 15.9. The van der Waals surface area contributed by atoms with Crippen molar-refractivity contribution in [3.63, 3.8) is 0 Å². The van der Waals surface area contributed by atoms with E-state index >= 15 is 0 Å². The first-order valence-corrected chi connectivity index (χ1v) is 11.4. The first-order chi connectivity index (χ1) is 15.7. The molecule has 0 aliphatic heterocycles. The van der Waals surface area contributed by atoms with Crippen molar-refractivity contribution >= 4 is 30.2 Å². The van der Waals surface area contributed by atoms with Crippen LogP contribution in [0.3, 0.4) is 0 Å². The fourth-order valence-corrected chi connectivity index (χ4v) is 3.52. The van der Waals surface area contributed by atoms with Crippen molar-refractivity contribution in [3.8, 4) is 5.75 Å². The van der Waals surface area contributed by atoms with E-state index in [2.05, 4.69) is 16.0 Å². The number of halogens is 1. The number of amides is 2. The molecule has 34 heavy (non-hydrogen) atoms. The second-order valence-electron chi connectivity index (χ2n) is 8.44. The zero-order valence-corrected chi connectivity index (χ0v) is 21.7. The summed E-state index contributed by atoms with van der Waals surface area (Å²) in [6.07, 6.45) is 2.84. The van der Waals surface area contributed by atoms with Crippen molar-refractivity contribution in [2.24, 2.45) is 11.7 Å². The molecule has 0 radical (unpaired) electrons. The number of esters is 1. The number of likely N-dealkylation sites (N-methyl/N-ethyl adjacent to an activating group) is 1. The summed E-state index contributed by atoms with van der Waals surface area (Å²) in [5.74, 6) is -0.150. The lowest BCUT2D eigenvalue weighted by Crippen LogP contribution is -2.56. The molecule has 1 aromatic carbocycles. The number of nitrogens with two attached hydrogens (primary N) is 1. The maximum atomic E-state index is 13.2. The molecule has 2 amide bonds. The number of hydrogen-bond acceptors (Lipinski definition) is 7. The normalized spacial score (nSPS) is 13.3. The van der Waals surface area contributed by atoms with Crippen molar-refractivity contribution in [1.82, 2.24) is 16.0 Å². The van der Waals surface area contributed by atoms with Crippen LogP contribution in [0.15, 0.2) is 24.3 Å². The van der Waals surface area contributed by atoms with Gasteiger partial charge in [0.1, 0.15) is 17.8 Å². The molecule has 3 atom stereocenters. The molecule has 0 bridgehead atoms. The van der Waals surface area contributed by atoms with Gasteiger partial charge in [0, 0.05) is 13.5 Å². The minimum absolute atomic E-state index is 0. The Balaban J connectivity index is 0.0000109. The van der Waals surface area contributed by atoms with E-state index < -0.39 is 24.1 Å². The van der Waals surface area contributed by atoms with E-state index in [1.807, 2.05) is 38.1 Å². The number of benzene rings is 1. The average molecular weight is 501 g/mol. The van der Waals surface area contributed by atoms with Crippen molar-refractivity contribution in [3.05, 3.63) is 29.8 Å². The molecule has 0 spiro atoms. The summed E-state index contributed by atoms with van der Waals surface area (Å²) < 4.78 is 10.1. The van der Waals surface area contributed by atoms with Gasteiger partial charge in [0.2, 0.25) is 11.8 Å². The maximum Gasteiger partial charge on any atom is 0.322 e. The first kappa shape index (κ1) is 31.6. The fourth-order valence-electron chi connectivity index (χ4n) is 3.52. The van der Waals surface area contributed by atoms with Gasteiger partial charge in [0.05, 0.1) is 20.3 Å². The minimum Gasteiger partial charge on any atom is -0.497 e. The molecule has 0 aromatic heterocycles. The van der Waals surface area contributed by atoms with Crippen LogP contribution in [-0.2, 0) is 25.5 Å². The van der Waals surface area contributed by atoms with Gasteiger partial charge in [-0.05, 0) is 49.4 Å². The summed E-state index contributed by atoms with van der Waals surface area (Å²) >= 11 is 0. The lowest BCUT2D eigenvalue weighted by Gasteiger charge is -2.27. The van der Waals surface area contributed by atoms with E-state index in [1.165, 1.54) is 14.2 Å². The molecule has 1 rings (SSSR count). The van der Waals surface area contributed by atoms with Crippen LogP contribution in [0, 0.1) is 5.92 Å². The third-order valence-electron chi connectivity index (χ3n) is 5.34. The predicted molar refractivity (Wildman–Crippen MR) is 135 cm³/mol. The molecule has 0 heterocycles. The van der Waals surface area contributed by atoms with Crippen molar-refractivity contribution in [1.29, 1.82) is 0 Å². The maximum absolute atomic E-state index is 13.2. The molecular formula is C24H41ClN4O5. The summed E-state index contributed by atoms with van der Waals surface area (Å²) in [6, 6.07) is 5.28. The monoisotopic (exact) mass is 500 g/mol. The summed E-state index contributed by atoms with van der Waals surface area (Å²) in [7, 11) is 4.44. The molecule has 0 unspecified atom stereocenters. The third kappa shape index (κ3) is 11.2.